The molecule has 0 saturated carbocycles. The summed E-state index contributed by atoms with van der Waals surface area (Å²) >= 11 is 0. The van der Waals surface area contributed by atoms with E-state index in [2.05, 4.69) is 11.9 Å². The Morgan fingerprint density at radius 1 is 1.27 bits per heavy atom. The number of hydrogen-bond acceptors (Lipinski definition) is 3. The molecule has 1 aromatic carbocycles. The number of likely N-dealkylation sites (tertiary alicyclic amines) is 1. The molecule has 0 aliphatic carbocycles. The Bertz CT molecular complexity index is 758. The minimum Gasteiger partial charge on any atom is -0.341 e. The Labute approximate surface area is 129 Å². The highest BCUT2D eigenvalue weighted by molar-refractivity contribution is 5.79. The number of hydrogen-bond donors (Lipinski definition) is 0. The first-order chi connectivity index (χ1) is 10.6. The highest BCUT2D eigenvalue weighted by atomic mass is 16.2. The molecule has 2 heterocycles. The number of rotatable bonds is 2. The maximum Gasteiger partial charge on any atom is 0.261 e. The molecular formula is C17H21N3O2. The number of amides is 1. The normalized spacial score (nSPS) is 16.2. The molecule has 1 amide bonds. The Morgan fingerprint density at radius 3 is 2.68 bits per heavy atom. The number of para-hydroxylation sites is 1. The maximum atomic E-state index is 12.6. The Hall–Kier alpha value is -2.17. The van der Waals surface area contributed by atoms with Crippen molar-refractivity contribution in [2.45, 2.75) is 33.2 Å². The van der Waals surface area contributed by atoms with E-state index < -0.39 is 0 Å². The van der Waals surface area contributed by atoms with Gasteiger partial charge in [-0.15, -0.1) is 0 Å². The molecule has 1 aromatic heterocycles. The third kappa shape index (κ3) is 2.75. The summed E-state index contributed by atoms with van der Waals surface area (Å²) in [7, 11) is 0. The second-order valence-electron chi connectivity index (χ2n) is 6.13. The number of fused-ring (bicyclic) bond motifs is 1. The van der Waals surface area contributed by atoms with Gasteiger partial charge in [0.25, 0.3) is 5.56 Å². The van der Waals surface area contributed by atoms with Gasteiger partial charge in [-0.05, 0) is 37.8 Å². The molecule has 0 unspecified atom stereocenters. The monoisotopic (exact) mass is 299 g/mol. The van der Waals surface area contributed by atoms with E-state index in [4.69, 9.17) is 0 Å². The molecule has 0 bridgehead atoms. The Kier molecular flexibility index (Phi) is 3.96. The smallest absolute Gasteiger partial charge is 0.261 e. The zero-order chi connectivity index (χ0) is 15.7. The number of aryl methyl sites for hydroxylation is 1. The van der Waals surface area contributed by atoms with Crippen molar-refractivity contribution in [1.29, 1.82) is 0 Å². The first-order valence-corrected chi connectivity index (χ1v) is 7.80. The van der Waals surface area contributed by atoms with Gasteiger partial charge >= 0.3 is 0 Å². The number of benzene rings is 1. The van der Waals surface area contributed by atoms with Crippen molar-refractivity contribution in [3.05, 3.63) is 40.4 Å². The van der Waals surface area contributed by atoms with E-state index in [1.807, 2.05) is 23.1 Å². The van der Waals surface area contributed by atoms with Gasteiger partial charge in [-0.1, -0.05) is 19.1 Å². The predicted molar refractivity (Wildman–Crippen MR) is 85.7 cm³/mol. The van der Waals surface area contributed by atoms with Crippen LogP contribution in [0.4, 0.5) is 0 Å². The lowest BCUT2D eigenvalue weighted by Crippen LogP contribution is -2.41. The largest absolute Gasteiger partial charge is 0.341 e. The number of nitrogens with zero attached hydrogens (tertiary/aromatic N) is 3. The third-order valence-corrected chi connectivity index (χ3v) is 4.48. The molecule has 5 nitrogen and oxygen atoms in total. The van der Waals surface area contributed by atoms with Crippen LogP contribution in [-0.2, 0) is 11.3 Å². The van der Waals surface area contributed by atoms with Crippen LogP contribution in [0.2, 0.25) is 0 Å². The van der Waals surface area contributed by atoms with E-state index in [0.29, 0.717) is 22.6 Å². The molecule has 2 aromatic rings. The molecule has 1 aliphatic rings. The van der Waals surface area contributed by atoms with Crippen LogP contribution in [0.3, 0.4) is 0 Å². The Morgan fingerprint density at radius 2 is 1.95 bits per heavy atom. The van der Waals surface area contributed by atoms with Gasteiger partial charge in [-0.25, -0.2) is 4.98 Å². The number of piperidine rings is 1. The predicted octanol–water partition coefficient (Wildman–Crippen LogP) is 1.96. The topological polar surface area (TPSA) is 55.2 Å². The molecule has 116 valence electrons. The fourth-order valence-corrected chi connectivity index (χ4v) is 2.96. The minimum absolute atomic E-state index is 0.00850. The summed E-state index contributed by atoms with van der Waals surface area (Å²) in [4.78, 5) is 31.3. The van der Waals surface area contributed by atoms with E-state index in [-0.39, 0.29) is 18.0 Å². The summed E-state index contributed by atoms with van der Waals surface area (Å²) in [6, 6.07) is 7.26. The van der Waals surface area contributed by atoms with Crippen molar-refractivity contribution >= 4 is 16.8 Å². The van der Waals surface area contributed by atoms with Crippen LogP contribution < -0.4 is 5.56 Å². The molecule has 0 radical (unpaired) electrons. The van der Waals surface area contributed by atoms with Crippen molar-refractivity contribution < 1.29 is 4.79 Å². The van der Waals surface area contributed by atoms with Crippen LogP contribution in [0, 0.1) is 12.8 Å². The number of aromatic nitrogens is 2. The average Bonchev–Trinajstić information content (AvgIpc) is 2.52. The molecular weight excluding hydrogens is 278 g/mol. The summed E-state index contributed by atoms with van der Waals surface area (Å²) in [5, 5.41) is 0.563. The lowest BCUT2D eigenvalue weighted by atomic mass is 9.99. The van der Waals surface area contributed by atoms with Gasteiger partial charge in [0.05, 0.1) is 10.9 Å². The lowest BCUT2D eigenvalue weighted by molar-refractivity contribution is -0.133. The quantitative estimate of drug-likeness (QED) is 0.852. The molecule has 22 heavy (non-hydrogen) atoms. The van der Waals surface area contributed by atoms with E-state index in [9.17, 15) is 9.59 Å². The van der Waals surface area contributed by atoms with E-state index in [1.54, 1.807) is 13.0 Å². The van der Waals surface area contributed by atoms with Crippen molar-refractivity contribution in [3.63, 3.8) is 0 Å². The fourth-order valence-electron chi connectivity index (χ4n) is 2.96. The van der Waals surface area contributed by atoms with Crippen LogP contribution in [0.15, 0.2) is 29.1 Å². The molecule has 0 N–H and O–H groups in total. The van der Waals surface area contributed by atoms with Gasteiger partial charge in [0.2, 0.25) is 5.91 Å². The minimum atomic E-state index is -0.137. The standard InChI is InChI=1S/C17H21N3O2/c1-12-7-9-19(10-8-12)16(21)11-20-13(2)18-15-6-4-3-5-14(15)17(20)22/h3-6,12H,7-11H2,1-2H3. The highest BCUT2D eigenvalue weighted by Crippen LogP contribution is 2.16. The SMILES string of the molecule is Cc1nc2ccccc2c(=O)n1CC(=O)N1CCC(C)CC1. The first kappa shape index (κ1) is 14.8. The zero-order valence-corrected chi connectivity index (χ0v) is 13.1. The van der Waals surface area contributed by atoms with E-state index >= 15 is 0 Å². The van der Waals surface area contributed by atoms with Crippen LogP contribution in [0.25, 0.3) is 10.9 Å². The van der Waals surface area contributed by atoms with Crippen LogP contribution in [0.1, 0.15) is 25.6 Å². The second kappa shape index (κ2) is 5.91. The molecule has 0 spiro atoms. The zero-order valence-electron chi connectivity index (χ0n) is 13.1. The van der Waals surface area contributed by atoms with Crippen LogP contribution in [-0.4, -0.2) is 33.4 Å². The van der Waals surface area contributed by atoms with Gasteiger partial charge in [0.15, 0.2) is 0 Å². The van der Waals surface area contributed by atoms with Crippen molar-refractivity contribution in [2.75, 3.05) is 13.1 Å². The molecule has 1 fully saturated rings. The molecule has 5 heteroatoms. The van der Waals surface area contributed by atoms with Crippen molar-refractivity contribution in [2.24, 2.45) is 5.92 Å². The average molecular weight is 299 g/mol. The molecule has 0 atom stereocenters. The van der Waals surface area contributed by atoms with Crippen LogP contribution >= 0.6 is 0 Å². The first-order valence-electron chi connectivity index (χ1n) is 7.80. The van der Waals surface area contributed by atoms with E-state index in [1.165, 1.54) is 4.57 Å². The fraction of sp³-hybridized carbons (Fsp3) is 0.471. The highest BCUT2D eigenvalue weighted by Gasteiger charge is 2.21. The lowest BCUT2D eigenvalue weighted by Gasteiger charge is -2.30. The number of carbonyl (C=O) groups is 1. The van der Waals surface area contributed by atoms with Crippen molar-refractivity contribution in [3.8, 4) is 0 Å². The second-order valence-corrected chi connectivity index (χ2v) is 6.13. The van der Waals surface area contributed by atoms with Crippen LogP contribution in [0.5, 0.6) is 0 Å². The van der Waals surface area contributed by atoms with E-state index in [0.717, 1.165) is 25.9 Å². The summed E-state index contributed by atoms with van der Waals surface area (Å²) in [5.74, 6) is 1.27. The molecule has 3 rings (SSSR count). The number of carbonyl (C=O) groups excluding carboxylic acids is 1. The summed E-state index contributed by atoms with van der Waals surface area (Å²) in [6.07, 6.45) is 2.07. The Balaban J connectivity index is 1.87. The van der Waals surface area contributed by atoms with Crippen molar-refractivity contribution in [1.82, 2.24) is 14.5 Å². The van der Waals surface area contributed by atoms with Gasteiger partial charge < -0.3 is 4.90 Å². The maximum absolute atomic E-state index is 12.6. The molecule has 1 saturated heterocycles. The molecule has 1 aliphatic heterocycles. The van der Waals surface area contributed by atoms with Gasteiger partial charge in [0, 0.05) is 13.1 Å². The summed E-state index contributed by atoms with van der Waals surface area (Å²) in [5.41, 5.74) is 0.544. The summed E-state index contributed by atoms with van der Waals surface area (Å²) in [6.45, 7) is 5.64. The van der Waals surface area contributed by atoms with Gasteiger partial charge in [-0.2, -0.15) is 0 Å². The van der Waals surface area contributed by atoms with Gasteiger partial charge in [0.1, 0.15) is 12.4 Å². The van der Waals surface area contributed by atoms with Gasteiger partial charge in [-0.3, -0.25) is 14.2 Å². The summed E-state index contributed by atoms with van der Waals surface area (Å²) < 4.78 is 1.49. The third-order valence-electron chi connectivity index (χ3n) is 4.48.